The number of likely N-dealkylation sites (tertiary alicyclic amines) is 1. The number of carbonyl (C=O) groups excluding carboxylic acids is 1. The Bertz CT molecular complexity index is 793. The molecule has 2 heterocycles. The fourth-order valence-electron chi connectivity index (χ4n) is 3.14. The number of aliphatic carboxylic acids is 1. The molecular weight excluding hydrogens is 379 g/mol. The molecule has 0 spiro atoms. The molecule has 1 fully saturated rings. The molecule has 6 nitrogen and oxygen atoms in total. The van der Waals surface area contributed by atoms with Gasteiger partial charge in [0.1, 0.15) is 0 Å². The number of nitrogens with zero attached hydrogens (tertiary/aromatic N) is 2. The normalized spacial score (nSPS) is 15.2. The van der Waals surface area contributed by atoms with Crippen molar-refractivity contribution in [2.75, 3.05) is 13.1 Å². The van der Waals surface area contributed by atoms with Gasteiger partial charge in [0.05, 0.1) is 15.6 Å². The van der Waals surface area contributed by atoms with Crippen molar-refractivity contribution in [1.29, 1.82) is 0 Å². The summed E-state index contributed by atoms with van der Waals surface area (Å²) in [6.45, 7) is 1.16. The summed E-state index contributed by atoms with van der Waals surface area (Å²) in [4.78, 5) is 25.0. The summed E-state index contributed by atoms with van der Waals surface area (Å²) in [6, 6.07) is 6.65. The van der Waals surface area contributed by atoms with Gasteiger partial charge in [-0.2, -0.15) is 0 Å². The fourth-order valence-corrected chi connectivity index (χ4v) is 3.73. The summed E-state index contributed by atoms with van der Waals surface area (Å²) in [5, 5.41) is 13.5. The molecule has 0 aliphatic carbocycles. The largest absolute Gasteiger partial charge is 0.481 e. The molecule has 1 aromatic carbocycles. The molecule has 0 bridgehead atoms. The third kappa shape index (κ3) is 4.19. The van der Waals surface area contributed by atoms with Crippen LogP contribution in [0.4, 0.5) is 0 Å². The molecule has 3 rings (SSSR count). The Kier molecular flexibility index (Phi) is 5.84. The number of hydrogen-bond donors (Lipinski definition) is 1. The van der Waals surface area contributed by atoms with Gasteiger partial charge in [-0.05, 0) is 37.3 Å². The van der Waals surface area contributed by atoms with E-state index in [0.717, 1.165) is 12.8 Å². The number of aromatic nitrogens is 1. The van der Waals surface area contributed by atoms with E-state index in [1.165, 1.54) is 0 Å². The van der Waals surface area contributed by atoms with Gasteiger partial charge < -0.3 is 14.5 Å². The first-order chi connectivity index (χ1) is 12.5. The lowest BCUT2D eigenvalue weighted by atomic mass is 9.92. The standard InChI is InChI=1S/C18H18Cl2N2O4/c19-12-2-1-3-13(20)17(12)15-10-14(21-26-15)18(25)22-8-6-11(7-9-22)4-5-16(23)24/h1-3,10-11H,4-9H2,(H,23,24). The Hall–Kier alpha value is -2.05. The summed E-state index contributed by atoms with van der Waals surface area (Å²) in [6.07, 6.45) is 2.40. The van der Waals surface area contributed by atoms with Gasteiger partial charge >= 0.3 is 5.97 Å². The molecule has 26 heavy (non-hydrogen) atoms. The molecule has 0 saturated carbocycles. The molecule has 1 N–H and O–H groups in total. The van der Waals surface area contributed by atoms with E-state index in [9.17, 15) is 9.59 Å². The second-order valence-electron chi connectivity index (χ2n) is 6.34. The van der Waals surface area contributed by atoms with Crippen LogP contribution in [-0.2, 0) is 4.79 Å². The number of carbonyl (C=O) groups is 2. The number of halogens is 2. The molecule has 8 heteroatoms. The molecular formula is C18H18Cl2N2O4. The fraction of sp³-hybridized carbons (Fsp3) is 0.389. The zero-order chi connectivity index (χ0) is 18.7. The highest BCUT2D eigenvalue weighted by Gasteiger charge is 2.26. The molecule has 1 saturated heterocycles. The third-order valence-corrected chi connectivity index (χ3v) is 5.24. The van der Waals surface area contributed by atoms with E-state index >= 15 is 0 Å². The highest BCUT2D eigenvalue weighted by molar-refractivity contribution is 6.39. The third-order valence-electron chi connectivity index (χ3n) is 4.61. The number of hydrogen-bond acceptors (Lipinski definition) is 4. The number of rotatable bonds is 5. The molecule has 0 atom stereocenters. The van der Waals surface area contributed by atoms with Gasteiger partial charge in [0, 0.05) is 25.6 Å². The van der Waals surface area contributed by atoms with Crippen LogP contribution in [0.1, 0.15) is 36.2 Å². The summed E-state index contributed by atoms with van der Waals surface area (Å²) in [5.74, 6) is -0.304. The summed E-state index contributed by atoms with van der Waals surface area (Å²) in [7, 11) is 0. The van der Waals surface area contributed by atoms with Gasteiger partial charge in [0.25, 0.3) is 5.91 Å². The molecule has 1 amide bonds. The predicted molar refractivity (Wildman–Crippen MR) is 97.5 cm³/mol. The maximum Gasteiger partial charge on any atom is 0.303 e. The Labute approximate surface area is 160 Å². The molecule has 1 aromatic heterocycles. The minimum Gasteiger partial charge on any atom is -0.481 e. The first kappa shape index (κ1) is 18.7. The minimum atomic E-state index is -0.781. The summed E-state index contributed by atoms with van der Waals surface area (Å²) in [5.41, 5.74) is 0.717. The highest BCUT2D eigenvalue weighted by Crippen LogP contribution is 2.35. The second kappa shape index (κ2) is 8.10. The van der Waals surface area contributed by atoms with Gasteiger partial charge in [0.15, 0.2) is 11.5 Å². The van der Waals surface area contributed by atoms with E-state index in [1.807, 2.05) is 0 Å². The number of carboxylic acid groups (broad SMARTS) is 1. The van der Waals surface area contributed by atoms with Gasteiger partial charge in [-0.25, -0.2) is 0 Å². The van der Waals surface area contributed by atoms with E-state index in [-0.39, 0.29) is 18.0 Å². The van der Waals surface area contributed by atoms with Crippen LogP contribution in [-0.4, -0.2) is 40.1 Å². The average molecular weight is 397 g/mol. The van der Waals surface area contributed by atoms with Gasteiger partial charge in [-0.15, -0.1) is 0 Å². The lowest BCUT2D eigenvalue weighted by Crippen LogP contribution is -2.38. The van der Waals surface area contributed by atoms with Crippen molar-refractivity contribution in [3.63, 3.8) is 0 Å². The lowest BCUT2D eigenvalue weighted by molar-refractivity contribution is -0.137. The van der Waals surface area contributed by atoms with Crippen LogP contribution < -0.4 is 0 Å². The van der Waals surface area contributed by atoms with E-state index in [2.05, 4.69) is 5.16 Å². The van der Waals surface area contributed by atoms with E-state index < -0.39 is 5.97 Å². The predicted octanol–water partition coefficient (Wildman–Crippen LogP) is 4.37. The molecule has 138 valence electrons. The first-order valence-corrected chi connectivity index (χ1v) is 9.13. The maximum absolute atomic E-state index is 12.6. The monoisotopic (exact) mass is 396 g/mol. The maximum atomic E-state index is 12.6. The molecule has 2 aromatic rings. The molecule has 1 aliphatic heterocycles. The van der Waals surface area contributed by atoms with Crippen molar-refractivity contribution in [1.82, 2.24) is 10.1 Å². The van der Waals surface area contributed by atoms with Crippen LogP contribution in [0.5, 0.6) is 0 Å². The average Bonchev–Trinajstić information content (AvgIpc) is 3.09. The van der Waals surface area contributed by atoms with Crippen molar-refractivity contribution in [3.8, 4) is 11.3 Å². The number of piperidine rings is 1. The number of benzene rings is 1. The zero-order valence-corrected chi connectivity index (χ0v) is 15.5. The van der Waals surface area contributed by atoms with Crippen LogP contribution in [0.15, 0.2) is 28.8 Å². The number of carboxylic acids is 1. The zero-order valence-electron chi connectivity index (χ0n) is 14.0. The summed E-state index contributed by atoms with van der Waals surface area (Å²) < 4.78 is 5.28. The van der Waals surface area contributed by atoms with Crippen LogP contribution in [0.25, 0.3) is 11.3 Å². The van der Waals surface area contributed by atoms with E-state index in [0.29, 0.717) is 46.8 Å². The van der Waals surface area contributed by atoms with Crippen LogP contribution in [0.3, 0.4) is 0 Å². The molecule has 0 unspecified atom stereocenters. The van der Waals surface area contributed by atoms with Crippen molar-refractivity contribution < 1.29 is 19.2 Å². The smallest absolute Gasteiger partial charge is 0.303 e. The molecule has 0 radical (unpaired) electrons. The van der Waals surface area contributed by atoms with Crippen LogP contribution in [0, 0.1) is 5.92 Å². The van der Waals surface area contributed by atoms with Crippen molar-refractivity contribution >= 4 is 35.1 Å². The van der Waals surface area contributed by atoms with E-state index in [4.69, 9.17) is 32.8 Å². The van der Waals surface area contributed by atoms with Gasteiger partial charge in [-0.3, -0.25) is 9.59 Å². The Balaban J connectivity index is 1.65. The van der Waals surface area contributed by atoms with Crippen LogP contribution in [0.2, 0.25) is 10.0 Å². The topological polar surface area (TPSA) is 83.6 Å². The SMILES string of the molecule is O=C(O)CCC1CCN(C(=O)c2cc(-c3c(Cl)cccc3Cl)on2)CC1. The summed E-state index contributed by atoms with van der Waals surface area (Å²) >= 11 is 12.3. The van der Waals surface area contributed by atoms with Crippen molar-refractivity contribution in [2.24, 2.45) is 5.92 Å². The van der Waals surface area contributed by atoms with E-state index in [1.54, 1.807) is 29.2 Å². The highest BCUT2D eigenvalue weighted by atomic mass is 35.5. The minimum absolute atomic E-state index is 0.170. The van der Waals surface area contributed by atoms with Gasteiger partial charge in [0.2, 0.25) is 0 Å². The quantitative estimate of drug-likeness (QED) is 0.810. The Morgan fingerprint density at radius 2 is 1.88 bits per heavy atom. The Morgan fingerprint density at radius 3 is 2.50 bits per heavy atom. The van der Waals surface area contributed by atoms with Crippen molar-refractivity contribution in [2.45, 2.75) is 25.7 Å². The first-order valence-electron chi connectivity index (χ1n) is 8.38. The second-order valence-corrected chi connectivity index (χ2v) is 7.16. The van der Waals surface area contributed by atoms with Gasteiger partial charge in [-0.1, -0.05) is 34.4 Å². The molecule has 1 aliphatic rings. The van der Waals surface area contributed by atoms with Crippen LogP contribution >= 0.6 is 23.2 Å². The number of amides is 1. The Morgan fingerprint density at radius 1 is 1.23 bits per heavy atom. The van der Waals surface area contributed by atoms with Crippen molar-refractivity contribution in [3.05, 3.63) is 40.0 Å². The lowest BCUT2D eigenvalue weighted by Gasteiger charge is -2.31.